The minimum Gasteiger partial charge on any atom is -0.274 e. The number of nitrogens with zero attached hydrogens (tertiary/aromatic N) is 2. The van der Waals surface area contributed by atoms with Crippen molar-refractivity contribution in [1.29, 1.82) is 0 Å². The molecule has 2 aliphatic rings. The lowest BCUT2D eigenvalue weighted by atomic mass is 9.98. The third kappa shape index (κ3) is 17.2. The third-order valence-corrected chi connectivity index (χ3v) is 36.8. The second-order valence-electron chi connectivity index (χ2n) is 30.9. The molecule has 15 rings (SSSR count). The summed E-state index contributed by atoms with van der Waals surface area (Å²) in [6.45, 7) is 19.2. The van der Waals surface area contributed by atoms with Crippen LogP contribution in [-0.4, -0.2) is 46.5 Å². The summed E-state index contributed by atoms with van der Waals surface area (Å²) in [6.07, 6.45) is 33.8. The summed E-state index contributed by atoms with van der Waals surface area (Å²) in [4.78, 5) is 84.9. The van der Waals surface area contributed by atoms with Crippen molar-refractivity contribution in [3.63, 3.8) is 0 Å². The first kappa shape index (κ1) is 79.9. The smallest absolute Gasteiger partial charge is 0.263 e. The molecule has 12 aromatic heterocycles. The molecule has 0 aliphatic carbocycles. The number of hydrogen-bond donors (Lipinski definition) is 0. The lowest BCUT2D eigenvalue weighted by molar-refractivity contribution is 0.0636. The van der Waals surface area contributed by atoms with Gasteiger partial charge in [0.1, 0.15) is 0 Å². The maximum absolute atomic E-state index is 15.2. The number of hydrogen-bond acceptors (Lipinski definition) is 16. The van der Waals surface area contributed by atoms with Crippen LogP contribution in [0.25, 0.3) is 119 Å². The summed E-state index contributed by atoms with van der Waals surface area (Å²) in [7, 11) is 0. The van der Waals surface area contributed by atoms with Crippen LogP contribution in [-0.2, 0) is 12.8 Å². The first-order valence-corrected chi connectivity index (χ1v) is 50.6. The molecule has 6 nitrogen and oxygen atoms in total. The average Bonchev–Trinajstić information content (AvgIpc) is 1.55. The van der Waals surface area contributed by atoms with Gasteiger partial charge in [0.25, 0.3) is 23.6 Å². The van der Waals surface area contributed by atoms with Crippen molar-refractivity contribution in [3.8, 4) is 89.2 Å². The van der Waals surface area contributed by atoms with E-state index in [9.17, 15) is 9.59 Å². The molecule has 2 atom stereocenters. The van der Waals surface area contributed by atoms with Gasteiger partial charge in [-0.2, -0.15) is 0 Å². The van der Waals surface area contributed by atoms with Crippen LogP contribution in [0.2, 0.25) is 0 Å². The van der Waals surface area contributed by atoms with E-state index < -0.39 is 0 Å². The largest absolute Gasteiger partial charge is 0.274 e. The standard InChI is InChI=1S/C92H102N2O4S12/c1-9-13-17-21-25-29-33-55(5)49-59-36-39-66(101-59)77-61-51-58(8)100-83(61)78(67-40-37-60(102-67)50-56(6)34-30-26-22-18-14-10-2)62-52-72(108-84(62)77)63-41-44-69(103-63)87-81-82(92(98)94(91(81)97)48-32-28-24-20-16-12-4)88(110-87)71-46-43-65(105-71)74-54-76-75(107-74)53-73(106-76)64-42-45-70(104-64)86-80-79(85(109-86)68-38-35-57(7)99-68)89(95)93(90(80)96)47-31-27-23-19-15-11-3/h35-46,51-56H,9-34,47-50H2,1-8H3. The topological polar surface area (TPSA) is 74.8 Å². The van der Waals surface area contributed by atoms with E-state index in [2.05, 4.69) is 152 Å². The van der Waals surface area contributed by atoms with Gasteiger partial charge in [0.05, 0.1) is 41.8 Å². The second kappa shape index (κ2) is 36.7. The highest BCUT2D eigenvalue weighted by Crippen LogP contribution is 2.58. The number of benzene rings is 1. The monoisotopic (exact) mass is 1680 g/mol. The fraction of sp³-hybridized carbons (Fsp3) is 0.435. The van der Waals surface area contributed by atoms with Crippen LogP contribution in [0, 0.1) is 25.7 Å². The van der Waals surface area contributed by atoms with Crippen LogP contribution < -0.4 is 0 Å². The third-order valence-electron chi connectivity index (χ3n) is 22.1. The molecule has 0 N–H and O–H groups in total. The van der Waals surface area contributed by atoms with Crippen molar-refractivity contribution in [3.05, 3.63) is 139 Å². The minimum absolute atomic E-state index is 0.152. The van der Waals surface area contributed by atoms with Gasteiger partial charge in [-0.1, -0.05) is 196 Å². The zero-order chi connectivity index (χ0) is 76.1. The van der Waals surface area contributed by atoms with E-state index in [1.807, 2.05) is 45.3 Å². The molecule has 576 valence electrons. The predicted octanol–water partition coefficient (Wildman–Crippen LogP) is 33.3. The molecule has 14 heterocycles. The molecule has 4 amide bonds. The lowest BCUT2D eigenvalue weighted by Crippen LogP contribution is -2.31. The number of imide groups is 2. The molecule has 2 aliphatic heterocycles. The van der Waals surface area contributed by atoms with Crippen LogP contribution in [0.5, 0.6) is 0 Å². The molecule has 13 aromatic rings. The summed E-state index contributed by atoms with van der Waals surface area (Å²) in [5.74, 6) is 0.654. The van der Waals surface area contributed by atoms with Crippen LogP contribution in [0.1, 0.15) is 269 Å². The zero-order valence-corrected chi connectivity index (χ0v) is 74.8. The summed E-state index contributed by atoms with van der Waals surface area (Å²) >= 11 is 21.5. The Bertz CT molecular complexity index is 5240. The van der Waals surface area contributed by atoms with Crippen molar-refractivity contribution in [2.24, 2.45) is 11.8 Å². The zero-order valence-electron chi connectivity index (χ0n) is 65.0. The molecule has 110 heavy (non-hydrogen) atoms. The fourth-order valence-corrected chi connectivity index (χ4v) is 30.7. The van der Waals surface area contributed by atoms with Gasteiger partial charge in [-0.25, -0.2) is 0 Å². The summed E-state index contributed by atoms with van der Waals surface area (Å²) in [6, 6.07) is 36.7. The molecule has 2 unspecified atom stereocenters. The summed E-state index contributed by atoms with van der Waals surface area (Å²) < 4.78 is 5.15. The number of rotatable bonds is 41. The quantitative estimate of drug-likeness (QED) is 0.0283. The lowest BCUT2D eigenvalue weighted by Gasteiger charge is -2.14. The number of carbonyl (C=O) groups is 4. The van der Waals surface area contributed by atoms with Gasteiger partial charge in [-0.05, 0) is 148 Å². The average molecular weight is 1680 g/mol. The Morgan fingerprint density at radius 1 is 0.282 bits per heavy atom. The molecular formula is C92H102N2O4S12. The van der Waals surface area contributed by atoms with Crippen LogP contribution >= 0.6 is 136 Å². The first-order chi connectivity index (χ1) is 53.7. The number of fused-ring (bicyclic) bond motifs is 5. The van der Waals surface area contributed by atoms with Gasteiger partial charge in [0.2, 0.25) is 0 Å². The number of amides is 4. The Kier molecular flexibility index (Phi) is 26.6. The molecule has 1 aromatic carbocycles. The number of thiophene rings is 12. The van der Waals surface area contributed by atoms with Crippen LogP contribution in [0.15, 0.2) is 97.1 Å². The Balaban J connectivity index is 0.732. The molecule has 0 saturated heterocycles. The Labute approximate surface area is 699 Å². The van der Waals surface area contributed by atoms with Crippen molar-refractivity contribution < 1.29 is 19.2 Å². The van der Waals surface area contributed by atoms with Gasteiger partial charge in [0.15, 0.2) is 0 Å². The molecule has 18 heteroatoms. The number of unbranched alkanes of at least 4 members (excludes halogenated alkanes) is 20. The SMILES string of the molecule is CCCCCCCCC(C)Cc1ccc(-c2c3cc(-c4ccc(-c5sc(-c6ccc(-c7cc8sc(-c9ccc(-c%10sc(-c%11ccc(C)s%11)c%11c%10C(=O)N(CCCCCCCC)C%11=O)s9)cc8s7)s6)c6c5C(=O)N(CCCCCCCC)C6=O)s4)sc3c(-c3ccc(CC(C)CCCCCCCC)s3)c3cc(C)sc23)s1. The highest BCUT2D eigenvalue weighted by atomic mass is 32.1. The van der Waals surface area contributed by atoms with Crippen molar-refractivity contribution in [2.45, 2.75) is 235 Å². The van der Waals surface area contributed by atoms with E-state index in [1.54, 1.807) is 95.6 Å². The molecule has 0 spiro atoms. The van der Waals surface area contributed by atoms with E-state index in [4.69, 9.17) is 0 Å². The van der Waals surface area contributed by atoms with Gasteiger partial charge in [-0.15, -0.1) is 136 Å². The second-order valence-corrected chi connectivity index (χ2v) is 44.3. The van der Waals surface area contributed by atoms with E-state index in [-0.39, 0.29) is 23.6 Å². The predicted molar refractivity (Wildman–Crippen MR) is 491 cm³/mol. The first-order valence-electron chi connectivity index (χ1n) is 40.8. The van der Waals surface area contributed by atoms with Crippen molar-refractivity contribution >= 4 is 189 Å². The van der Waals surface area contributed by atoms with E-state index >= 15 is 9.59 Å². The van der Waals surface area contributed by atoms with Gasteiger partial charge < -0.3 is 0 Å². The summed E-state index contributed by atoms with van der Waals surface area (Å²) in [5, 5.41) is 2.69. The number of aryl methyl sites for hydroxylation is 2. The maximum Gasteiger partial charge on any atom is 0.263 e. The van der Waals surface area contributed by atoms with E-state index in [1.165, 1.54) is 223 Å². The maximum atomic E-state index is 15.2. The highest BCUT2D eigenvalue weighted by molar-refractivity contribution is 7.35. The Morgan fingerprint density at radius 2 is 0.618 bits per heavy atom. The Hall–Kier alpha value is -5.32. The fourth-order valence-electron chi connectivity index (χ4n) is 16.2. The number of carbonyl (C=O) groups excluding carboxylic acids is 4. The highest BCUT2D eigenvalue weighted by Gasteiger charge is 2.44. The van der Waals surface area contributed by atoms with Crippen LogP contribution in [0.3, 0.4) is 0 Å². The minimum atomic E-state index is -0.163. The van der Waals surface area contributed by atoms with Gasteiger partial charge in [-0.3, -0.25) is 29.0 Å². The van der Waals surface area contributed by atoms with Crippen molar-refractivity contribution in [1.82, 2.24) is 9.80 Å². The van der Waals surface area contributed by atoms with E-state index in [0.717, 1.165) is 100 Å². The normalized spacial score (nSPS) is 13.8. The van der Waals surface area contributed by atoms with E-state index in [0.29, 0.717) is 47.2 Å². The molecular weight excluding hydrogens is 1580 g/mol. The van der Waals surface area contributed by atoms with Gasteiger partial charge in [0, 0.05) is 132 Å². The van der Waals surface area contributed by atoms with Crippen molar-refractivity contribution in [2.75, 3.05) is 13.1 Å². The summed E-state index contributed by atoms with van der Waals surface area (Å²) in [5.41, 5.74) is 5.02. The Morgan fingerprint density at radius 3 is 1.02 bits per heavy atom. The van der Waals surface area contributed by atoms with Gasteiger partial charge >= 0.3 is 0 Å². The molecule has 0 bridgehead atoms. The molecule has 0 radical (unpaired) electrons. The van der Waals surface area contributed by atoms with Crippen LogP contribution in [0.4, 0.5) is 0 Å². The molecule has 0 fully saturated rings. The molecule has 0 saturated carbocycles.